The predicted molar refractivity (Wildman–Crippen MR) is 128 cm³/mol. The molecule has 1 fully saturated rings. The molecule has 2 heterocycles. The lowest BCUT2D eigenvalue weighted by atomic mass is 10.0. The minimum atomic E-state index is -1.09. The molecule has 188 valence electrons. The summed E-state index contributed by atoms with van der Waals surface area (Å²) in [5.41, 5.74) is 8.64. The van der Waals surface area contributed by atoms with Crippen LogP contribution in [0.15, 0.2) is 36.4 Å². The number of morpholine rings is 1. The van der Waals surface area contributed by atoms with E-state index in [1.807, 2.05) is 24.3 Å². The summed E-state index contributed by atoms with van der Waals surface area (Å²) in [7, 11) is 0. The van der Waals surface area contributed by atoms with E-state index in [0.29, 0.717) is 11.1 Å². The van der Waals surface area contributed by atoms with Gasteiger partial charge in [-0.3, -0.25) is 19.3 Å². The zero-order valence-electron chi connectivity index (χ0n) is 19.8. The topological polar surface area (TPSA) is 146 Å². The highest BCUT2D eigenvalue weighted by molar-refractivity contribution is 6.02. The molecule has 2 aliphatic rings. The van der Waals surface area contributed by atoms with E-state index >= 15 is 0 Å². The van der Waals surface area contributed by atoms with Gasteiger partial charge in [0.15, 0.2) is 0 Å². The zero-order valence-corrected chi connectivity index (χ0v) is 19.8. The maximum Gasteiger partial charge on any atom is 0.303 e. The number of amides is 2. The molecule has 10 nitrogen and oxygen atoms in total. The molecule has 2 amide bonds. The Balaban J connectivity index is 1.48. The van der Waals surface area contributed by atoms with Gasteiger partial charge in [0, 0.05) is 37.2 Å². The summed E-state index contributed by atoms with van der Waals surface area (Å²) in [4.78, 5) is 39.6. The first-order valence-corrected chi connectivity index (χ1v) is 11.8. The SMILES string of the molecule is N#Cc1ccc2c(c1OCc1ccc(CN3CCOCC3)cc1)CN(C(CCC(=O)O)C(N)=O)C2=O. The molecule has 0 spiro atoms. The summed E-state index contributed by atoms with van der Waals surface area (Å²) in [6.07, 6.45) is -0.398. The summed E-state index contributed by atoms with van der Waals surface area (Å²) in [6.45, 7) is 4.34. The highest BCUT2D eigenvalue weighted by atomic mass is 16.5. The fraction of sp³-hybridized carbons (Fsp3) is 0.385. The van der Waals surface area contributed by atoms with Gasteiger partial charge in [-0.25, -0.2) is 0 Å². The number of benzene rings is 2. The Morgan fingerprint density at radius 3 is 2.47 bits per heavy atom. The number of hydrogen-bond donors (Lipinski definition) is 2. The first kappa shape index (κ1) is 25.2. The first-order valence-electron chi connectivity index (χ1n) is 11.8. The van der Waals surface area contributed by atoms with Crippen LogP contribution in [-0.2, 0) is 34.0 Å². The van der Waals surface area contributed by atoms with Crippen molar-refractivity contribution in [3.8, 4) is 11.8 Å². The summed E-state index contributed by atoms with van der Waals surface area (Å²) >= 11 is 0. The van der Waals surface area contributed by atoms with Crippen LogP contribution in [0.25, 0.3) is 0 Å². The molecule has 1 saturated heterocycles. The number of hydrogen-bond acceptors (Lipinski definition) is 7. The van der Waals surface area contributed by atoms with Gasteiger partial charge in [0.25, 0.3) is 5.91 Å². The lowest BCUT2D eigenvalue weighted by molar-refractivity contribution is -0.137. The number of nitrogens with zero attached hydrogens (tertiary/aromatic N) is 3. The van der Waals surface area contributed by atoms with Crippen LogP contribution in [-0.4, -0.2) is 65.0 Å². The number of nitriles is 1. The molecular formula is C26H28N4O6. The molecule has 0 aromatic heterocycles. The van der Waals surface area contributed by atoms with Crippen LogP contribution in [0.4, 0.5) is 0 Å². The molecule has 10 heteroatoms. The fourth-order valence-electron chi connectivity index (χ4n) is 4.51. The Morgan fingerprint density at radius 1 is 1.14 bits per heavy atom. The average Bonchev–Trinajstić information content (AvgIpc) is 3.20. The third-order valence-corrected chi connectivity index (χ3v) is 6.45. The second-order valence-electron chi connectivity index (χ2n) is 8.86. The van der Waals surface area contributed by atoms with E-state index in [9.17, 15) is 19.6 Å². The van der Waals surface area contributed by atoms with E-state index in [0.717, 1.165) is 38.4 Å². The van der Waals surface area contributed by atoms with Crippen molar-refractivity contribution >= 4 is 17.8 Å². The maximum atomic E-state index is 13.0. The van der Waals surface area contributed by atoms with Crippen molar-refractivity contribution in [2.75, 3.05) is 26.3 Å². The third kappa shape index (κ3) is 5.64. The molecule has 2 aromatic rings. The fourth-order valence-corrected chi connectivity index (χ4v) is 4.51. The average molecular weight is 493 g/mol. The highest BCUT2D eigenvalue weighted by Gasteiger charge is 2.38. The number of rotatable bonds is 10. The van der Waals surface area contributed by atoms with E-state index in [4.69, 9.17) is 20.3 Å². The Labute approximate surface area is 208 Å². The van der Waals surface area contributed by atoms with Crippen LogP contribution in [0.2, 0.25) is 0 Å². The molecule has 36 heavy (non-hydrogen) atoms. The molecule has 0 bridgehead atoms. The molecule has 0 saturated carbocycles. The second kappa shape index (κ2) is 11.2. The van der Waals surface area contributed by atoms with Crippen LogP contribution in [0.5, 0.6) is 5.75 Å². The Bertz CT molecular complexity index is 1180. The molecule has 3 N–H and O–H groups in total. The largest absolute Gasteiger partial charge is 0.487 e. The molecule has 4 rings (SSSR count). The van der Waals surface area contributed by atoms with Crippen molar-refractivity contribution in [1.82, 2.24) is 9.80 Å². The first-order chi connectivity index (χ1) is 17.4. The second-order valence-corrected chi connectivity index (χ2v) is 8.86. The summed E-state index contributed by atoms with van der Waals surface area (Å²) in [5, 5.41) is 18.6. The highest BCUT2D eigenvalue weighted by Crippen LogP contribution is 2.36. The van der Waals surface area contributed by atoms with Crippen LogP contribution >= 0.6 is 0 Å². The van der Waals surface area contributed by atoms with Gasteiger partial charge in [0.2, 0.25) is 5.91 Å². The molecule has 2 aliphatic heterocycles. The van der Waals surface area contributed by atoms with Crippen LogP contribution in [0.3, 0.4) is 0 Å². The molecule has 0 aliphatic carbocycles. The standard InChI is InChI=1S/C26H28N4O6/c27-13-19-5-6-20-21(15-30(26(20)34)22(25(28)33)7-8-23(31)32)24(19)36-16-18-3-1-17(2-4-18)14-29-9-11-35-12-10-29/h1-6,22H,7-12,14-16H2,(H2,28,33)(H,31,32). The predicted octanol–water partition coefficient (Wildman–Crippen LogP) is 1.64. The minimum absolute atomic E-state index is 0.00469. The molecular weight excluding hydrogens is 464 g/mol. The quantitative estimate of drug-likeness (QED) is 0.509. The molecule has 2 aromatic carbocycles. The Hall–Kier alpha value is -3.94. The lowest BCUT2D eigenvalue weighted by Crippen LogP contribution is -2.45. The number of aliphatic carboxylic acids is 1. The zero-order chi connectivity index (χ0) is 25.7. The lowest BCUT2D eigenvalue weighted by Gasteiger charge is -2.26. The monoisotopic (exact) mass is 492 g/mol. The number of carboxylic acid groups (broad SMARTS) is 1. The number of carbonyl (C=O) groups is 3. The van der Waals surface area contributed by atoms with E-state index in [2.05, 4.69) is 11.0 Å². The van der Waals surface area contributed by atoms with Crippen molar-refractivity contribution in [1.29, 1.82) is 5.26 Å². The van der Waals surface area contributed by atoms with Gasteiger partial charge >= 0.3 is 5.97 Å². The van der Waals surface area contributed by atoms with Crippen molar-refractivity contribution in [3.05, 3.63) is 64.2 Å². The van der Waals surface area contributed by atoms with E-state index in [-0.39, 0.29) is 37.3 Å². The van der Waals surface area contributed by atoms with E-state index in [1.165, 1.54) is 22.6 Å². The van der Waals surface area contributed by atoms with Crippen LogP contribution in [0.1, 0.15) is 45.5 Å². The van der Waals surface area contributed by atoms with Crippen molar-refractivity contribution < 1.29 is 29.0 Å². The maximum absolute atomic E-state index is 13.0. The van der Waals surface area contributed by atoms with Crippen LogP contribution < -0.4 is 10.5 Å². The van der Waals surface area contributed by atoms with Crippen molar-refractivity contribution in [2.24, 2.45) is 5.73 Å². The number of carbonyl (C=O) groups excluding carboxylic acids is 2. The number of nitrogens with two attached hydrogens (primary N) is 1. The number of ether oxygens (including phenoxy) is 2. The summed E-state index contributed by atoms with van der Waals surface area (Å²) in [5.74, 6) is -2.03. The van der Waals surface area contributed by atoms with Gasteiger partial charge in [0.1, 0.15) is 24.5 Å². The normalized spacial score (nSPS) is 16.3. The van der Waals surface area contributed by atoms with Gasteiger partial charge in [-0.2, -0.15) is 5.26 Å². The number of fused-ring (bicyclic) bond motifs is 1. The molecule has 1 unspecified atom stereocenters. The molecule has 1 atom stereocenters. The Kier molecular flexibility index (Phi) is 7.83. The van der Waals surface area contributed by atoms with Gasteiger partial charge in [0.05, 0.1) is 25.3 Å². The number of primary amides is 1. The van der Waals surface area contributed by atoms with Gasteiger partial charge in [-0.1, -0.05) is 24.3 Å². The number of carboxylic acids is 1. The summed E-state index contributed by atoms with van der Waals surface area (Å²) < 4.78 is 11.4. The molecule has 0 radical (unpaired) electrons. The van der Waals surface area contributed by atoms with E-state index < -0.39 is 23.8 Å². The third-order valence-electron chi connectivity index (χ3n) is 6.45. The Morgan fingerprint density at radius 2 is 1.83 bits per heavy atom. The summed E-state index contributed by atoms with van der Waals surface area (Å²) in [6, 6.07) is 12.1. The minimum Gasteiger partial charge on any atom is -0.487 e. The van der Waals surface area contributed by atoms with Crippen molar-refractivity contribution in [2.45, 2.75) is 38.6 Å². The van der Waals surface area contributed by atoms with Crippen LogP contribution in [0, 0.1) is 11.3 Å². The van der Waals surface area contributed by atoms with Gasteiger partial charge in [-0.15, -0.1) is 0 Å². The smallest absolute Gasteiger partial charge is 0.303 e. The van der Waals surface area contributed by atoms with Crippen molar-refractivity contribution in [3.63, 3.8) is 0 Å². The van der Waals surface area contributed by atoms with Gasteiger partial charge < -0.3 is 25.2 Å². The van der Waals surface area contributed by atoms with Gasteiger partial charge in [-0.05, 0) is 29.7 Å². The van der Waals surface area contributed by atoms with E-state index in [1.54, 1.807) is 0 Å².